The van der Waals surface area contributed by atoms with E-state index in [4.69, 9.17) is 0 Å². The molecular weight excluding hydrogens is 420 g/mol. The SMILES string of the molecule is CCCCC(CC(=O)C1(O)CCC2C3CCC4=CC(=O)CCC4(C)C3C(O)CC21C)C(=O)O. The van der Waals surface area contributed by atoms with Crippen LogP contribution in [-0.2, 0) is 14.4 Å². The minimum Gasteiger partial charge on any atom is -0.481 e. The molecular formula is C27H40O6. The maximum absolute atomic E-state index is 13.5. The molecule has 0 radical (unpaired) electrons. The summed E-state index contributed by atoms with van der Waals surface area (Å²) in [7, 11) is 0. The number of carboxylic acids is 1. The molecule has 0 heterocycles. The molecule has 8 unspecified atom stereocenters. The van der Waals surface area contributed by atoms with Crippen molar-refractivity contribution in [1.29, 1.82) is 0 Å². The number of aliphatic hydroxyl groups is 2. The van der Waals surface area contributed by atoms with Gasteiger partial charge in [-0.1, -0.05) is 39.2 Å². The smallest absolute Gasteiger partial charge is 0.306 e. The van der Waals surface area contributed by atoms with Gasteiger partial charge in [0.15, 0.2) is 11.6 Å². The molecule has 6 nitrogen and oxygen atoms in total. The first-order valence-corrected chi connectivity index (χ1v) is 12.9. The highest BCUT2D eigenvalue weighted by atomic mass is 16.4. The lowest BCUT2D eigenvalue weighted by molar-refractivity contribution is -0.182. The molecule has 0 spiro atoms. The van der Waals surface area contributed by atoms with E-state index in [0.717, 1.165) is 37.7 Å². The molecule has 4 aliphatic rings. The average molecular weight is 461 g/mol. The average Bonchev–Trinajstić information content (AvgIpc) is 3.02. The van der Waals surface area contributed by atoms with Gasteiger partial charge in [0.2, 0.25) is 0 Å². The molecule has 3 saturated carbocycles. The summed E-state index contributed by atoms with van der Waals surface area (Å²) >= 11 is 0. The number of carbonyl (C=O) groups excluding carboxylic acids is 2. The van der Waals surface area contributed by atoms with Gasteiger partial charge in [-0.3, -0.25) is 14.4 Å². The molecule has 0 aliphatic heterocycles. The van der Waals surface area contributed by atoms with Crippen molar-refractivity contribution in [3.63, 3.8) is 0 Å². The Labute approximate surface area is 196 Å². The molecule has 0 saturated heterocycles. The van der Waals surface area contributed by atoms with Crippen LogP contribution in [0.15, 0.2) is 11.6 Å². The number of Topliss-reactive ketones (excluding diaryl/α,β-unsaturated/α-hetero) is 1. The number of carbonyl (C=O) groups is 3. The Balaban J connectivity index is 1.60. The van der Waals surface area contributed by atoms with Gasteiger partial charge in [0.1, 0.15) is 5.60 Å². The van der Waals surface area contributed by atoms with Crippen LogP contribution < -0.4 is 0 Å². The third-order valence-corrected chi connectivity index (χ3v) is 10.2. The van der Waals surface area contributed by atoms with Crippen LogP contribution in [0.2, 0.25) is 0 Å². The monoisotopic (exact) mass is 460 g/mol. The van der Waals surface area contributed by atoms with Gasteiger partial charge in [-0.05, 0) is 74.2 Å². The van der Waals surface area contributed by atoms with Crippen LogP contribution in [0.5, 0.6) is 0 Å². The van der Waals surface area contributed by atoms with Crippen molar-refractivity contribution >= 4 is 17.5 Å². The van der Waals surface area contributed by atoms with Gasteiger partial charge in [0.05, 0.1) is 12.0 Å². The fourth-order valence-corrected chi connectivity index (χ4v) is 8.31. The third kappa shape index (κ3) is 3.72. The van der Waals surface area contributed by atoms with Crippen LogP contribution in [0.3, 0.4) is 0 Å². The van der Waals surface area contributed by atoms with Crippen LogP contribution in [-0.4, -0.2) is 44.6 Å². The van der Waals surface area contributed by atoms with Gasteiger partial charge in [-0.15, -0.1) is 0 Å². The van der Waals surface area contributed by atoms with E-state index in [-0.39, 0.29) is 41.2 Å². The van der Waals surface area contributed by atoms with Gasteiger partial charge in [-0.2, -0.15) is 0 Å². The second-order valence-corrected chi connectivity index (χ2v) is 11.8. The Morgan fingerprint density at radius 1 is 1.18 bits per heavy atom. The summed E-state index contributed by atoms with van der Waals surface area (Å²) in [5, 5.41) is 32.9. The Hall–Kier alpha value is -1.53. The zero-order valence-corrected chi connectivity index (χ0v) is 20.3. The fraction of sp³-hybridized carbons (Fsp3) is 0.815. The van der Waals surface area contributed by atoms with Crippen molar-refractivity contribution < 1.29 is 29.7 Å². The van der Waals surface area contributed by atoms with Crippen LogP contribution in [0, 0.1) is 34.5 Å². The van der Waals surface area contributed by atoms with Crippen molar-refractivity contribution in [1.82, 2.24) is 0 Å². The second kappa shape index (κ2) is 8.60. The minimum absolute atomic E-state index is 0.0254. The molecule has 3 N–H and O–H groups in total. The van der Waals surface area contributed by atoms with Crippen molar-refractivity contribution in [3.8, 4) is 0 Å². The van der Waals surface area contributed by atoms with E-state index in [1.807, 2.05) is 13.8 Å². The summed E-state index contributed by atoms with van der Waals surface area (Å²) < 4.78 is 0. The van der Waals surface area contributed by atoms with E-state index >= 15 is 0 Å². The molecule has 33 heavy (non-hydrogen) atoms. The number of hydrogen-bond acceptors (Lipinski definition) is 5. The molecule has 0 aromatic carbocycles. The van der Waals surface area contributed by atoms with Gasteiger partial charge >= 0.3 is 5.97 Å². The van der Waals surface area contributed by atoms with E-state index in [0.29, 0.717) is 32.1 Å². The first-order valence-electron chi connectivity index (χ1n) is 12.9. The molecule has 184 valence electrons. The molecule has 0 aromatic heterocycles. The minimum atomic E-state index is -1.59. The number of aliphatic carboxylic acids is 1. The zero-order chi connectivity index (χ0) is 24.2. The number of fused-ring (bicyclic) bond motifs is 5. The summed E-state index contributed by atoms with van der Waals surface area (Å²) in [5.41, 5.74) is -1.41. The maximum atomic E-state index is 13.5. The second-order valence-electron chi connectivity index (χ2n) is 11.8. The highest BCUT2D eigenvalue weighted by Crippen LogP contribution is 2.67. The molecule has 0 bridgehead atoms. The lowest BCUT2D eigenvalue weighted by atomic mass is 9.45. The third-order valence-electron chi connectivity index (χ3n) is 10.2. The summed E-state index contributed by atoms with van der Waals surface area (Å²) in [6, 6.07) is 0. The van der Waals surface area contributed by atoms with Crippen LogP contribution in [0.25, 0.3) is 0 Å². The van der Waals surface area contributed by atoms with Crippen molar-refractivity contribution in [2.45, 2.75) is 103 Å². The highest BCUT2D eigenvalue weighted by molar-refractivity contribution is 5.92. The normalized spacial score (nSPS) is 43.2. The van der Waals surface area contributed by atoms with Gasteiger partial charge < -0.3 is 15.3 Å². The van der Waals surface area contributed by atoms with E-state index in [1.165, 1.54) is 0 Å². The van der Waals surface area contributed by atoms with E-state index in [9.17, 15) is 29.7 Å². The predicted octanol–water partition coefficient (Wildman–Crippen LogP) is 4.07. The standard InChI is InChI=1S/C27H40O6/c1-4-5-6-16(24(31)32)13-22(30)27(33)12-10-20-19-8-7-17-14-18(28)9-11-25(17,2)23(19)21(29)15-26(20,27)3/h14,16,19-21,23,29,33H,4-13,15H2,1-3H3,(H,31,32). The lowest BCUT2D eigenvalue weighted by Crippen LogP contribution is -2.61. The zero-order valence-electron chi connectivity index (χ0n) is 20.3. The Bertz CT molecular complexity index is 863. The number of allylic oxidation sites excluding steroid dienone is 1. The topological polar surface area (TPSA) is 112 Å². The van der Waals surface area contributed by atoms with Crippen molar-refractivity contribution in [2.24, 2.45) is 34.5 Å². The molecule has 0 amide bonds. The molecule has 4 aliphatic carbocycles. The van der Waals surface area contributed by atoms with E-state index in [1.54, 1.807) is 6.08 Å². The molecule has 0 aromatic rings. The van der Waals surface area contributed by atoms with Crippen molar-refractivity contribution in [2.75, 3.05) is 0 Å². The summed E-state index contributed by atoms with van der Waals surface area (Å²) in [5.74, 6) is -1.62. The first-order chi connectivity index (χ1) is 15.5. The highest BCUT2D eigenvalue weighted by Gasteiger charge is 2.68. The van der Waals surface area contributed by atoms with Crippen LogP contribution in [0.1, 0.15) is 91.4 Å². The summed E-state index contributed by atoms with van der Waals surface area (Å²) in [6.45, 7) is 6.12. The molecule has 3 fully saturated rings. The van der Waals surface area contributed by atoms with Crippen LogP contribution in [0.4, 0.5) is 0 Å². The lowest BCUT2D eigenvalue weighted by Gasteiger charge is -2.60. The molecule has 4 rings (SSSR count). The predicted molar refractivity (Wildman–Crippen MR) is 123 cm³/mol. The van der Waals surface area contributed by atoms with E-state index < -0.39 is 29.0 Å². The van der Waals surface area contributed by atoms with Crippen LogP contribution >= 0.6 is 0 Å². The molecule has 8 atom stereocenters. The number of aliphatic hydroxyl groups excluding tert-OH is 1. The number of carboxylic acid groups (broad SMARTS) is 1. The van der Waals surface area contributed by atoms with Gasteiger partial charge in [-0.25, -0.2) is 0 Å². The first kappa shape index (κ1) is 24.6. The number of unbranched alkanes of at least 4 members (excludes halogenated alkanes) is 1. The quantitative estimate of drug-likeness (QED) is 0.528. The number of ketones is 2. The Morgan fingerprint density at radius 2 is 1.91 bits per heavy atom. The number of hydrogen-bond donors (Lipinski definition) is 3. The van der Waals surface area contributed by atoms with Gasteiger partial charge in [0, 0.05) is 18.3 Å². The summed E-state index contributed by atoms with van der Waals surface area (Å²) in [6.07, 6.45) is 7.36. The van der Waals surface area contributed by atoms with Gasteiger partial charge in [0.25, 0.3) is 0 Å². The number of rotatable bonds is 7. The van der Waals surface area contributed by atoms with E-state index in [2.05, 4.69) is 6.92 Å². The Kier molecular flexibility index (Phi) is 6.41. The van der Waals surface area contributed by atoms with Crippen molar-refractivity contribution in [3.05, 3.63) is 11.6 Å². The Morgan fingerprint density at radius 3 is 2.58 bits per heavy atom. The fourth-order valence-electron chi connectivity index (χ4n) is 8.31. The maximum Gasteiger partial charge on any atom is 0.306 e. The summed E-state index contributed by atoms with van der Waals surface area (Å²) in [4.78, 5) is 37.3. The molecule has 6 heteroatoms. The largest absolute Gasteiger partial charge is 0.481 e.